The number of hydrogen-bond donors (Lipinski definition) is 3. The second-order valence-corrected chi connectivity index (χ2v) is 5.94. The van der Waals surface area contributed by atoms with Gasteiger partial charge in [0.25, 0.3) is 0 Å². The minimum Gasteiger partial charge on any atom is -0.393 e. The molecule has 1 atom stereocenters. The van der Waals surface area contributed by atoms with Crippen molar-refractivity contribution in [3.63, 3.8) is 0 Å². The van der Waals surface area contributed by atoms with Crippen molar-refractivity contribution in [3.05, 3.63) is 29.6 Å². The van der Waals surface area contributed by atoms with Crippen molar-refractivity contribution in [1.82, 2.24) is 4.72 Å². The van der Waals surface area contributed by atoms with Crippen molar-refractivity contribution in [2.75, 3.05) is 13.2 Å². The normalized spacial score (nSPS) is 14.7. The van der Waals surface area contributed by atoms with E-state index in [0.29, 0.717) is 0 Å². The van der Waals surface area contributed by atoms with Crippen LogP contribution in [-0.2, 0) is 10.0 Å². The summed E-state index contributed by atoms with van der Waals surface area (Å²) in [5, 5.41) is 27.1. The van der Waals surface area contributed by atoms with E-state index in [1.807, 2.05) is 4.72 Å². The Balaban J connectivity index is 3.10. The fraction of sp³-hybridized carbons (Fsp3) is 0.364. The first-order valence-electron chi connectivity index (χ1n) is 5.25. The molecule has 1 aromatic rings. The average molecular weight is 288 g/mol. The number of aliphatic hydroxyl groups excluding tert-OH is 1. The number of halogens is 1. The molecule has 19 heavy (non-hydrogen) atoms. The standard InChI is InChI=1S/C11H13FN2O4S/c1-11(16,7-15)6-14-19(17,18)10-4-2-3-9(12)8(10)5-13/h2-4,14-16H,6-7H2,1H3. The van der Waals surface area contributed by atoms with Gasteiger partial charge < -0.3 is 10.2 Å². The molecule has 8 heteroatoms. The molecule has 104 valence electrons. The molecule has 0 saturated heterocycles. The molecule has 0 spiro atoms. The van der Waals surface area contributed by atoms with E-state index < -0.39 is 45.1 Å². The van der Waals surface area contributed by atoms with Gasteiger partial charge in [0.2, 0.25) is 10.0 Å². The maximum Gasteiger partial charge on any atom is 0.242 e. The van der Waals surface area contributed by atoms with Crippen LogP contribution in [0, 0.1) is 17.1 Å². The largest absolute Gasteiger partial charge is 0.393 e. The van der Waals surface area contributed by atoms with E-state index in [-0.39, 0.29) is 0 Å². The number of nitrogens with one attached hydrogen (secondary N) is 1. The molecule has 0 aliphatic carbocycles. The Morgan fingerprint density at radius 1 is 1.53 bits per heavy atom. The smallest absolute Gasteiger partial charge is 0.242 e. The summed E-state index contributed by atoms with van der Waals surface area (Å²) in [6, 6.07) is 4.69. The number of sulfonamides is 1. The summed E-state index contributed by atoms with van der Waals surface area (Å²) in [6.45, 7) is 0.114. The van der Waals surface area contributed by atoms with Crippen molar-refractivity contribution < 1.29 is 23.0 Å². The summed E-state index contributed by atoms with van der Waals surface area (Å²) in [4.78, 5) is -0.510. The Hall–Kier alpha value is -1.53. The minimum absolute atomic E-state index is 0.465. The highest BCUT2D eigenvalue weighted by Crippen LogP contribution is 2.18. The van der Waals surface area contributed by atoms with Crippen LogP contribution in [0.4, 0.5) is 4.39 Å². The lowest BCUT2D eigenvalue weighted by molar-refractivity contribution is 0.00681. The Labute approximate surface area is 110 Å². The van der Waals surface area contributed by atoms with Crippen molar-refractivity contribution in [3.8, 4) is 6.07 Å². The van der Waals surface area contributed by atoms with Crippen molar-refractivity contribution in [2.24, 2.45) is 0 Å². The lowest BCUT2D eigenvalue weighted by atomic mass is 10.1. The molecule has 1 unspecified atom stereocenters. The van der Waals surface area contributed by atoms with Gasteiger partial charge in [0.1, 0.15) is 22.3 Å². The van der Waals surface area contributed by atoms with Crippen molar-refractivity contribution in [1.29, 1.82) is 5.26 Å². The zero-order valence-electron chi connectivity index (χ0n) is 10.1. The summed E-state index contributed by atoms with van der Waals surface area (Å²) in [6.07, 6.45) is 0. The van der Waals surface area contributed by atoms with E-state index in [0.717, 1.165) is 18.2 Å². The molecule has 0 bridgehead atoms. The van der Waals surface area contributed by atoms with Gasteiger partial charge in [-0.25, -0.2) is 17.5 Å². The SMILES string of the molecule is CC(O)(CO)CNS(=O)(=O)c1cccc(F)c1C#N. The fourth-order valence-corrected chi connectivity index (χ4v) is 2.55. The van der Waals surface area contributed by atoms with E-state index >= 15 is 0 Å². The molecule has 6 nitrogen and oxygen atoms in total. The summed E-state index contributed by atoms with van der Waals surface area (Å²) >= 11 is 0. The lowest BCUT2D eigenvalue weighted by Gasteiger charge is -2.20. The van der Waals surface area contributed by atoms with E-state index in [9.17, 15) is 17.9 Å². The fourth-order valence-electron chi connectivity index (χ4n) is 1.22. The number of hydrogen-bond acceptors (Lipinski definition) is 5. The monoisotopic (exact) mass is 288 g/mol. The predicted octanol–water partition coefficient (Wildman–Crippen LogP) is -0.281. The van der Waals surface area contributed by atoms with Crippen molar-refractivity contribution in [2.45, 2.75) is 17.4 Å². The molecule has 0 radical (unpaired) electrons. The first-order valence-corrected chi connectivity index (χ1v) is 6.73. The van der Waals surface area contributed by atoms with Gasteiger partial charge in [-0.15, -0.1) is 0 Å². The molecule has 1 rings (SSSR count). The number of nitriles is 1. The quantitative estimate of drug-likeness (QED) is 0.690. The molecule has 1 aromatic carbocycles. The average Bonchev–Trinajstić information content (AvgIpc) is 2.36. The Bertz CT molecular complexity index is 608. The third kappa shape index (κ3) is 3.71. The van der Waals surface area contributed by atoms with Gasteiger partial charge in [-0.05, 0) is 19.1 Å². The van der Waals surface area contributed by atoms with E-state index in [2.05, 4.69) is 0 Å². The van der Waals surface area contributed by atoms with Gasteiger partial charge >= 0.3 is 0 Å². The number of benzene rings is 1. The molecular formula is C11H13FN2O4S. The highest BCUT2D eigenvalue weighted by atomic mass is 32.2. The number of aliphatic hydroxyl groups is 2. The lowest BCUT2D eigenvalue weighted by Crippen LogP contribution is -2.43. The molecule has 0 fully saturated rings. The summed E-state index contributed by atoms with van der Waals surface area (Å²) < 4.78 is 39.1. The Kier molecular flexibility index (Phi) is 4.60. The van der Waals surface area contributed by atoms with Crippen LogP contribution in [0.1, 0.15) is 12.5 Å². The van der Waals surface area contributed by atoms with Crippen LogP contribution in [0.5, 0.6) is 0 Å². The molecule has 0 amide bonds. The van der Waals surface area contributed by atoms with Gasteiger partial charge in [0, 0.05) is 6.54 Å². The van der Waals surface area contributed by atoms with Crippen molar-refractivity contribution >= 4 is 10.0 Å². The topological polar surface area (TPSA) is 110 Å². The first kappa shape index (κ1) is 15.5. The second kappa shape index (κ2) is 5.63. The summed E-state index contributed by atoms with van der Waals surface area (Å²) in [5.74, 6) is -0.945. The number of nitrogens with zero attached hydrogens (tertiary/aromatic N) is 1. The highest BCUT2D eigenvalue weighted by Gasteiger charge is 2.26. The van der Waals surface area contributed by atoms with Crippen LogP contribution in [0.25, 0.3) is 0 Å². The van der Waals surface area contributed by atoms with Gasteiger partial charge in [-0.2, -0.15) is 5.26 Å². The molecule has 0 saturated carbocycles. The first-order chi connectivity index (χ1) is 8.73. The van der Waals surface area contributed by atoms with Gasteiger partial charge in [-0.3, -0.25) is 0 Å². The van der Waals surface area contributed by atoms with Crippen LogP contribution in [0.3, 0.4) is 0 Å². The zero-order chi connectivity index (χ0) is 14.7. The van der Waals surface area contributed by atoms with Crippen LogP contribution < -0.4 is 4.72 Å². The van der Waals surface area contributed by atoms with Crippen LogP contribution in [0.2, 0.25) is 0 Å². The number of rotatable bonds is 5. The Morgan fingerprint density at radius 2 is 2.16 bits per heavy atom. The molecule has 0 aromatic heterocycles. The maximum absolute atomic E-state index is 13.3. The second-order valence-electron chi connectivity index (χ2n) is 4.20. The molecule has 0 heterocycles. The van der Waals surface area contributed by atoms with Crippen LogP contribution in [0.15, 0.2) is 23.1 Å². The summed E-state index contributed by atoms with van der Waals surface area (Å²) in [7, 11) is -4.15. The molecule has 0 aliphatic heterocycles. The molecule has 0 aliphatic rings. The molecular weight excluding hydrogens is 275 g/mol. The zero-order valence-corrected chi connectivity index (χ0v) is 10.9. The van der Waals surface area contributed by atoms with Crippen LogP contribution in [-0.4, -0.2) is 37.4 Å². The predicted molar refractivity (Wildman–Crippen MR) is 64.0 cm³/mol. The van der Waals surface area contributed by atoms with Gasteiger partial charge in [-0.1, -0.05) is 6.07 Å². The Morgan fingerprint density at radius 3 is 2.68 bits per heavy atom. The van der Waals surface area contributed by atoms with Crippen LogP contribution >= 0.6 is 0 Å². The van der Waals surface area contributed by atoms with Gasteiger partial charge in [0.05, 0.1) is 12.2 Å². The van der Waals surface area contributed by atoms with E-state index in [1.165, 1.54) is 13.0 Å². The van der Waals surface area contributed by atoms with Gasteiger partial charge in [0.15, 0.2) is 0 Å². The third-order valence-electron chi connectivity index (χ3n) is 2.36. The van der Waals surface area contributed by atoms with E-state index in [4.69, 9.17) is 10.4 Å². The molecule has 3 N–H and O–H groups in total. The third-order valence-corrected chi connectivity index (χ3v) is 3.80. The maximum atomic E-state index is 13.3. The summed E-state index contributed by atoms with van der Waals surface area (Å²) in [5.41, 5.74) is -2.24. The highest BCUT2D eigenvalue weighted by molar-refractivity contribution is 7.89. The van der Waals surface area contributed by atoms with E-state index in [1.54, 1.807) is 0 Å². The minimum atomic E-state index is -4.15.